The molecule has 0 aromatic carbocycles. The van der Waals surface area contributed by atoms with Crippen molar-refractivity contribution >= 4 is 17.2 Å². The summed E-state index contributed by atoms with van der Waals surface area (Å²) in [6.07, 6.45) is 5.03. The Balaban J connectivity index is 2.39. The molecule has 1 aliphatic heterocycles. The topological polar surface area (TPSA) is 49.8 Å². The quantitative estimate of drug-likeness (QED) is 0.667. The van der Waals surface area contributed by atoms with Gasteiger partial charge in [-0.05, 0) is 0 Å². The monoisotopic (exact) mass is 182 g/mol. The summed E-state index contributed by atoms with van der Waals surface area (Å²) in [4.78, 5) is 8.05. The first kappa shape index (κ1) is 7.52. The fourth-order valence-corrected chi connectivity index (χ4v) is 1.25. The molecule has 0 unspecified atom stereocenters. The summed E-state index contributed by atoms with van der Waals surface area (Å²) in [7, 11) is 0. The average molecular weight is 183 g/mol. The Kier molecular flexibility index (Phi) is 1.93. The van der Waals surface area contributed by atoms with Gasteiger partial charge in [0.1, 0.15) is 5.69 Å². The molecule has 1 aromatic heterocycles. The van der Waals surface area contributed by atoms with Gasteiger partial charge in [-0.15, -0.1) is 0 Å². The van der Waals surface area contributed by atoms with E-state index >= 15 is 0 Å². The van der Waals surface area contributed by atoms with Crippen LogP contribution in [0.25, 0.3) is 5.57 Å². The summed E-state index contributed by atoms with van der Waals surface area (Å²) < 4.78 is 0. The zero-order valence-corrected chi connectivity index (χ0v) is 6.97. The summed E-state index contributed by atoms with van der Waals surface area (Å²) in [5.41, 5.74) is 7.54. The molecular weight excluding hydrogens is 176 g/mol. The van der Waals surface area contributed by atoms with Crippen LogP contribution in [0.4, 0.5) is 0 Å². The van der Waals surface area contributed by atoms with E-state index in [0.29, 0.717) is 5.15 Å². The minimum absolute atomic E-state index is 0.439. The number of aromatic nitrogens is 2. The van der Waals surface area contributed by atoms with Crippen LogP contribution in [0, 0.1) is 0 Å². The highest BCUT2D eigenvalue weighted by Crippen LogP contribution is 2.18. The van der Waals surface area contributed by atoms with E-state index in [1.54, 1.807) is 12.4 Å². The van der Waals surface area contributed by atoms with Gasteiger partial charge in [-0.3, -0.25) is 4.98 Å². The van der Waals surface area contributed by atoms with Gasteiger partial charge in [-0.2, -0.15) is 0 Å². The highest BCUT2D eigenvalue weighted by atomic mass is 35.5. The van der Waals surface area contributed by atoms with Crippen molar-refractivity contribution in [3.05, 3.63) is 29.4 Å². The van der Waals surface area contributed by atoms with Crippen LogP contribution in [-0.2, 0) is 0 Å². The minimum atomic E-state index is 0.439. The van der Waals surface area contributed by atoms with Gasteiger partial charge in [0, 0.05) is 30.7 Å². The van der Waals surface area contributed by atoms with E-state index in [4.69, 9.17) is 11.6 Å². The lowest BCUT2D eigenvalue weighted by Crippen LogP contribution is -2.20. The summed E-state index contributed by atoms with van der Waals surface area (Å²) >= 11 is 5.83. The summed E-state index contributed by atoms with van der Waals surface area (Å²) in [6.45, 7) is 0.721. The van der Waals surface area contributed by atoms with Crippen LogP contribution in [0.2, 0.25) is 5.15 Å². The molecule has 0 saturated heterocycles. The second-order valence-electron chi connectivity index (χ2n) is 2.36. The summed E-state index contributed by atoms with van der Waals surface area (Å²) in [5, 5.41) is 0.439. The maximum absolute atomic E-state index is 5.83. The van der Waals surface area contributed by atoms with Crippen LogP contribution in [0.1, 0.15) is 5.69 Å². The van der Waals surface area contributed by atoms with Gasteiger partial charge < -0.3 is 5.43 Å². The third kappa shape index (κ3) is 1.26. The molecular formula is C7H7ClN4. The molecule has 2 heterocycles. The fourth-order valence-electron chi connectivity index (χ4n) is 1.02. The molecule has 0 saturated carbocycles. The Hall–Kier alpha value is -1.13. The molecule has 0 amide bonds. The number of hydrogen-bond donors (Lipinski definition) is 2. The van der Waals surface area contributed by atoms with Crippen LogP contribution in [0.15, 0.2) is 18.6 Å². The second kappa shape index (κ2) is 3.08. The van der Waals surface area contributed by atoms with Gasteiger partial charge in [-0.1, -0.05) is 11.6 Å². The van der Waals surface area contributed by atoms with Crippen molar-refractivity contribution in [2.24, 2.45) is 0 Å². The summed E-state index contributed by atoms with van der Waals surface area (Å²) in [6, 6.07) is 0. The highest BCUT2D eigenvalue weighted by molar-refractivity contribution is 6.30. The predicted molar refractivity (Wildman–Crippen MR) is 46.2 cm³/mol. The highest BCUT2D eigenvalue weighted by Gasteiger charge is 2.11. The minimum Gasteiger partial charge on any atom is -0.328 e. The average Bonchev–Trinajstić information content (AvgIpc) is 2.57. The first-order valence-corrected chi connectivity index (χ1v) is 3.90. The number of hydrazine groups is 1. The third-order valence-electron chi connectivity index (χ3n) is 1.59. The van der Waals surface area contributed by atoms with Crippen LogP contribution >= 0.6 is 11.6 Å². The van der Waals surface area contributed by atoms with Crippen LogP contribution in [0.3, 0.4) is 0 Å². The molecule has 2 N–H and O–H groups in total. The lowest BCUT2D eigenvalue weighted by atomic mass is 10.2. The molecule has 0 radical (unpaired) electrons. The van der Waals surface area contributed by atoms with Crippen LogP contribution < -0.4 is 10.9 Å². The largest absolute Gasteiger partial charge is 0.328 e. The Morgan fingerprint density at radius 2 is 2.17 bits per heavy atom. The Morgan fingerprint density at radius 3 is 2.83 bits per heavy atom. The molecule has 0 atom stereocenters. The summed E-state index contributed by atoms with van der Waals surface area (Å²) in [5.74, 6) is 0. The van der Waals surface area contributed by atoms with Gasteiger partial charge in [0.05, 0.1) is 0 Å². The number of nitrogens with one attached hydrogen (secondary N) is 2. The first-order valence-electron chi connectivity index (χ1n) is 3.52. The van der Waals surface area contributed by atoms with Gasteiger partial charge in [0.15, 0.2) is 5.15 Å². The van der Waals surface area contributed by atoms with E-state index in [1.807, 2.05) is 6.20 Å². The third-order valence-corrected chi connectivity index (χ3v) is 1.86. The normalized spacial score (nSPS) is 15.6. The standard InChI is InChI=1S/C7H7ClN4/c8-7-6(9-1-2-10-7)5-3-11-12-4-5/h1-3,11-12H,4H2. The van der Waals surface area contributed by atoms with Crippen molar-refractivity contribution in [3.63, 3.8) is 0 Å². The Bertz CT molecular complexity index is 323. The van der Waals surface area contributed by atoms with E-state index in [-0.39, 0.29) is 0 Å². The van der Waals surface area contributed by atoms with Gasteiger partial charge >= 0.3 is 0 Å². The van der Waals surface area contributed by atoms with Crippen molar-refractivity contribution < 1.29 is 0 Å². The zero-order chi connectivity index (χ0) is 8.39. The molecule has 1 aromatic rings. The molecule has 0 aliphatic carbocycles. The lowest BCUT2D eigenvalue weighted by molar-refractivity contribution is 0.729. The molecule has 0 bridgehead atoms. The zero-order valence-electron chi connectivity index (χ0n) is 6.21. The van der Waals surface area contributed by atoms with E-state index < -0.39 is 0 Å². The number of nitrogens with zero attached hydrogens (tertiary/aromatic N) is 2. The van der Waals surface area contributed by atoms with Crippen molar-refractivity contribution in [2.75, 3.05) is 6.54 Å². The van der Waals surface area contributed by atoms with E-state index in [9.17, 15) is 0 Å². The number of hydrogen-bond acceptors (Lipinski definition) is 4. The van der Waals surface area contributed by atoms with E-state index in [2.05, 4.69) is 20.8 Å². The Morgan fingerprint density at radius 1 is 1.33 bits per heavy atom. The maximum atomic E-state index is 5.83. The molecule has 4 nitrogen and oxygen atoms in total. The van der Waals surface area contributed by atoms with Crippen molar-refractivity contribution in [1.82, 2.24) is 20.8 Å². The fraction of sp³-hybridized carbons (Fsp3) is 0.143. The smallest absolute Gasteiger partial charge is 0.155 e. The number of rotatable bonds is 1. The van der Waals surface area contributed by atoms with Gasteiger partial charge in [0.25, 0.3) is 0 Å². The predicted octanol–water partition coefficient (Wildman–Crippen LogP) is 0.579. The molecule has 1 aliphatic rings. The molecule has 62 valence electrons. The van der Waals surface area contributed by atoms with Gasteiger partial charge in [0.2, 0.25) is 0 Å². The first-order chi connectivity index (χ1) is 5.88. The molecule has 0 spiro atoms. The second-order valence-corrected chi connectivity index (χ2v) is 2.72. The van der Waals surface area contributed by atoms with Crippen LogP contribution in [-0.4, -0.2) is 16.5 Å². The molecule has 0 fully saturated rings. The molecule has 5 heteroatoms. The SMILES string of the molecule is Clc1nccnc1C1=CNNC1. The maximum Gasteiger partial charge on any atom is 0.155 e. The lowest BCUT2D eigenvalue weighted by Gasteiger charge is -1.99. The van der Waals surface area contributed by atoms with E-state index in [1.165, 1.54) is 0 Å². The van der Waals surface area contributed by atoms with Gasteiger partial charge in [-0.25, -0.2) is 10.4 Å². The molecule has 2 rings (SSSR count). The van der Waals surface area contributed by atoms with Crippen molar-refractivity contribution in [2.45, 2.75) is 0 Å². The molecule has 12 heavy (non-hydrogen) atoms. The Labute approximate surface area is 74.6 Å². The number of halogens is 1. The van der Waals surface area contributed by atoms with Crippen LogP contribution in [0.5, 0.6) is 0 Å². The van der Waals surface area contributed by atoms with E-state index in [0.717, 1.165) is 17.8 Å². The van der Waals surface area contributed by atoms with Crippen molar-refractivity contribution in [3.8, 4) is 0 Å². The van der Waals surface area contributed by atoms with Crippen molar-refractivity contribution in [1.29, 1.82) is 0 Å².